The molecule has 0 aromatic carbocycles. The molecule has 1 aliphatic heterocycles. The monoisotopic (exact) mass is 379 g/mol. The molecule has 3 rings (SSSR count). The zero-order chi connectivity index (χ0) is 19.5. The molecule has 0 amide bonds. The van der Waals surface area contributed by atoms with Gasteiger partial charge >= 0.3 is 6.18 Å². The molecule has 1 fully saturated rings. The minimum Gasteiger partial charge on any atom is -0.385 e. The highest BCUT2D eigenvalue weighted by Crippen LogP contribution is 2.40. The number of hydrogen-bond acceptors (Lipinski definition) is 4. The van der Waals surface area contributed by atoms with Gasteiger partial charge in [0, 0.05) is 31.0 Å². The van der Waals surface area contributed by atoms with Crippen LogP contribution in [0.2, 0.25) is 0 Å². The summed E-state index contributed by atoms with van der Waals surface area (Å²) in [6.45, 7) is 3.39. The quantitative estimate of drug-likeness (QED) is 0.837. The highest BCUT2D eigenvalue weighted by Gasteiger charge is 2.39. The number of pyridine rings is 2. The van der Waals surface area contributed by atoms with Crippen molar-refractivity contribution in [3.63, 3.8) is 0 Å². The third-order valence-corrected chi connectivity index (χ3v) is 5.37. The van der Waals surface area contributed by atoms with Crippen LogP contribution < -0.4 is 4.90 Å². The van der Waals surface area contributed by atoms with Gasteiger partial charge in [0.2, 0.25) is 0 Å². The second kappa shape index (κ2) is 7.84. The van der Waals surface area contributed by atoms with Crippen molar-refractivity contribution in [1.29, 1.82) is 0 Å². The fourth-order valence-electron chi connectivity index (χ4n) is 3.94. The Morgan fingerprint density at radius 1 is 1.15 bits per heavy atom. The van der Waals surface area contributed by atoms with Gasteiger partial charge in [0.05, 0.1) is 17.5 Å². The van der Waals surface area contributed by atoms with E-state index in [9.17, 15) is 18.3 Å². The van der Waals surface area contributed by atoms with Gasteiger partial charge in [0.1, 0.15) is 5.69 Å². The normalized spacial score (nSPS) is 18.3. The number of aromatic nitrogens is 2. The van der Waals surface area contributed by atoms with Crippen LogP contribution >= 0.6 is 0 Å². The summed E-state index contributed by atoms with van der Waals surface area (Å²) in [6.07, 6.45) is 3.30. The molecule has 0 bridgehead atoms. The third-order valence-electron chi connectivity index (χ3n) is 5.37. The van der Waals surface area contributed by atoms with Crippen molar-refractivity contribution in [2.24, 2.45) is 5.92 Å². The average molecular weight is 379 g/mol. The Balaban J connectivity index is 1.70. The molecule has 1 unspecified atom stereocenters. The van der Waals surface area contributed by atoms with Gasteiger partial charge in [-0.15, -0.1) is 0 Å². The van der Waals surface area contributed by atoms with E-state index in [1.54, 1.807) is 12.4 Å². The van der Waals surface area contributed by atoms with Crippen LogP contribution in [0.3, 0.4) is 0 Å². The van der Waals surface area contributed by atoms with E-state index in [-0.39, 0.29) is 5.92 Å². The third kappa shape index (κ3) is 4.24. The van der Waals surface area contributed by atoms with Crippen LogP contribution in [0.1, 0.15) is 43.9 Å². The molecule has 1 saturated heterocycles. The minimum atomic E-state index is -4.42. The summed E-state index contributed by atoms with van der Waals surface area (Å²) >= 11 is 0. The zero-order valence-electron chi connectivity index (χ0n) is 15.3. The molecule has 0 saturated carbocycles. The number of hydrogen-bond donors (Lipinski definition) is 1. The van der Waals surface area contributed by atoms with Crippen LogP contribution in [0.15, 0.2) is 42.9 Å². The zero-order valence-corrected chi connectivity index (χ0v) is 15.3. The van der Waals surface area contributed by atoms with Crippen molar-refractivity contribution >= 4 is 5.69 Å². The van der Waals surface area contributed by atoms with E-state index < -0.39 is 17.5 Å². The fourth-order valence-corrected chi connectivity index (χ4v) is 3.94. The van der Waals surface area contributed by atoms with Crippen molar-refractivity contribution in [3.05, 3.63) is 54.1 Å². The van der Waals surface area contributed by atoms with Gasteiger partial charge in [-0.3, -0.25) is 4.98 Å². The van der Waals surface area contributed by atoms with Gasteiger partial charge in [0.25, 0.3) is 0 Å². The first kappa shape index (κ1) is 19.6. The Hall–Kier alpha value is -2.15. The predicted octanol–water partition coefficient (Wildman–Crippen LogP) is 4.40. The van der Waals surface area contributed by atoms with E-state index in [1.807, 2.05) is 24.0 Å². The van der Waals surface area contributed by atoms with E-state index in [0.29, 0.717) is 25.2 Å². The summed E-state index contributed by atoms with van der Waals surface area (Å²) in [7, 11) is 0. The Labute approximate surface area is 157 Å². The molecule has 0 spiro atoms. The molecule has 4 nitrogen and oxygen atoms in total. The standard InChI is InChI=1S/C20H24F3N3O/c1-2-9-19(27,16-4-3-10-24-13-16)15-7-11-26(12-8-15)17-5-6-18(25-14-17)20(21,22)23/h3-6,10,13-15,27H,2,7-9,11-12H2,1H3. The summed E-state index contributed by atoms with van der Waals surface area (Å²) in [6, 6.07) is 6.23. The van der Waals surface area contributed by atoms with Gasteiger partial charge in [-0.25, -0.2) is 4.98 Å². The lowest BCUT2D eigenvalue weighted by Gasteiger charge is -2.42. The van der Waals surface area contributed by atoms with Gasteiger partial charge in [-0.1, -0.05) is 19.4 Å². The molecule has 27 heavy (non-hydrogen) atoms. The van der Waals surface area contributed by atoms with Crippen LogP contribution in [0.25, 0.3) is 0 Å². The van der Waals surface area contributed by atoms with E-state index in [0.717, 1.165) is 30.9 Å². The lowest BCUT2D eigenvalue weighted by atomic mass is 9.74. The van der Waals surface area contributed by atoms with Crippen molar-refractivity contribution in [3.8, 4) is 0 Å². The molecule has 1 atom stereocenters. The molecule has 1 N–H and O–H groups in total. The second-order valence-electron chi connectivity index (χ2n) is 7.08. The molecule has 0 aliphatic carbocycles. The van der Waals surface area contributed by atoms with Crippen molar-refractivity contribution in [1.82, 2.24) is 9.97 Å². The largest absolute Gasteiger partial charge is 0.433 e. The van der Waals surface area contributed by atoms with Crippen LogP contribution in [0.5, 0.6) is 0 Å². The minimum absolute atomic E-state index is 0.0836. The molecule has 0 radical (unpaired) electrons. The van der Waals surface area contributed by atoms with Gasteiger partial charge < -0.3 is 10.0 Å². The summed E-state index contributed by atoms with van der Waals surface area (Å²) < 4.78 is 38.0. The van der Waals surface area contributed by atoms with Gasteiger partial charge in [-0.05, 0) is 43.4 Å². The molecular formula is C20H24F3N3O. The number of rotatable bonds is 5. The first-order valence-corrected chi connectivity index (χ1v) is 9.25. The fraction of sp³-hybridized carbons (Fsp3) is 0.500. The van der Waals surface area contributed by atoms with Crippen LogP contribution in [0.4, 0.5) is 18.9 Å². The Kier molecular flexibility index (Phi) is 5.69. The number of alkyl halides is 3. The van der Waals surface area contributed by atoms with E-state index >= 15 is 0 Å². The van der Waals surface area contributed by atoms with E-state index in [4.69, 9.17) is 0 Å². The molecule has 1 aliphatic rings. The Morgan fingerprint density at radius 3 is 2.41 bits per heavy atom. The molecule has 2 aromatic rings. The molecule has 2 aromatic heterocycles. The predicted molar refractivity (Wildman–Crippen MR) is 97.2 cm³/mol. The molecule has 7 heteroatoms. The van der Waals surface area contributed by atoms with Gasteiger partial charge in [-0.2, -0.15) is 13.2 Å². The molecular weight excluding hydrogens is 355 g/mol. The average Bonchev–Trinajstić information content (AvgIpc) is 2.68. The van der Waals surface area contributed by atoms with Crippen molar-refractivity contribution in [2.75, 3.05) is 18.0 Å². The topological polar surface area (TPSA) is 49.3 Å². The van der Waals surface area contributed by atoms with E-state index in [2.05, 4.69) is 9.97 Å². The first-order valence-electron chi connectivity index (χ1n) is 9.25. The Bertz CT molecular complexity index is 728. The summed E-state index contributed by atoms with van der Waals surface area (Å²) in [5.41, 5.74) is -0.286. The first-order chi connectivity index (χ1) is 12.8. The highest BCUT2D eigenvalue weighted by molar-refractivity contribution is 5.45. The lowest BCUT2D eigenvalue weighted by molar-refractivity contribution is -0.141. The molecule has 3 heterocycles. The van der Waals surface area contributed by atoms with Crippen LogP contribution in [-0.4, -0.2) is 28.2 Å². The van der Waals surface area contributed by atoms with Crippen molar-refractivity contribution < 1.29 is 18.3 Å². The number of halogens is 3. The SMILES string of the molecule is CCCC(O)(c1cccnc1)C1CCN(c2ccc(C(F)(F)F)nc2)CC1. The highest BCUT2D eigenvalue weighted by atomic mass is 19.4. The van der Waals surface area contributed by atoms with Crippen LogP contribution in [0, 0.1) is 5.92 Å². The maximum Gasteiger partial charge on any atom is 0.433 e. The smallest absolute Gasteiger partial charge is 0.385 e. The van der Waals surface area contributed by atoms with Crippen molar-refractivity contribution in [2.45, 2.75) is 44.4 Å². The summed E-state index contributed by atoms with van der Waals surface area (Å²) in [4.78, 5) is 9.72. The van der Waals surface area contributed by atoms with Crippen LogP contribution in [-0.2, 0) is 11.8 Å². The maximum absolute atomic E-state index is 12.7. The molecule has 146 valence electrons. The summed E-state index contributed by atoms with van der Waals surface area (Å²) in [5, 5.41) is 11.4. The number of aliphatic hydroxyl groups is 1. The lowest BCUT2D eigenvalue weighted by Crippen LogP contribution is -2.43. The number of piperidine rings is 1. The summed E-state index contributed by atoms with van der Waals surface area (Å²) in [5.74, 6) is 0.0836. The number of anilines is 1. The van der Waals surface area contributed by atoms with E-state index in [1.165, 1.54) is 12.3 Å². The maximum atomic E-state index is 12.7. The second-order valence-corrected chi connectivity index (χ2v) is 7.08. The Morgan fingerprint density at radius 2 is 1.89 bits per heavy atom. The van der Waals surface area contributed by atoms with Gasteiger partial charge in [0.15, 0.2) is 0 Å². The number of nitrogens with zero attached hydrogens (tertiary/aromatic N) is 3.